The maximum absolute atomic E-state index is 9.79. The van der Waals surface area contributed by atoms with Crippen LogP contribution in [0, 0.1) is 11.8 Å². The molecular formula is C10H16O. The lowest BCUT2D eigenvalue weighted by molar-refractivity contribution is 0.153. The van der Waals surface area contributed by atoms with E-state index in [1.54, 1.807) is 0 Å². The minimum Gasteiger partial charge on any atom is -0.388 e. The fourth-order valence-corrected chi connectivity index (χ4v) is 2.79. The third-order valence-corrected chi connectivity index (χ3v) is 3.26. The Labute approximate surface area is 68.1 Å². The molecule has 1 N–H and O–H groups in total. The first-order valence-electron chi connectivity index (χ1n) is 4.55. The highest BCUT2D eigenvalue weighted by atomic mass is 16.3. The summed E-state index contributed by atoms with van der Waals surface area (Å²) in [5.41, 5.74) is 2.71. The van der Waals surface area contributed by atoms with Crippen molar-refractivity contribution in [3.63, 3.8) is 0 Å². The highest BCUT2D eigenvalue weighted by molar-refractivity contribution is 5.26. The highest BCUT2D eigenvalue weighted by Gasteiger charge is 2.42. The van der Waals surface area contributed by atoms with Gasteiger partial charge in [0.15, 0.2) is 0 Å². The summed E-state index contributed by atoms with van der Waals surface area (Å²) < 4.78 is 0. The molecule has 2 rings (SSSR count). The molecule has 3 atom stereocenters. The topological polar surface area (TPSA) is 20.2 Å². The van der Waals surface area contributed by atoms with E-state index in [1.807, 2.05) is 0 Å². The normalized spacial score (nSPS) is 41.7. The van der Waals surface area contributed by atoms with E-state index in [1.165, 1.54) is 30.4 Å². The number of aliphatic hydroxyl groups is 1. The summed E-state index contributed by atoms with van der Waals surface area (Å²) in [7, 11) is 0. The first-order valence-corrected chi connectivity index (χ1v) is 4.55. The van der Waals surface area contributed by atoms with Crippen LogP contribution in [0.2, 0.25) is 0 Å². The molecule has 0 aromatic rings. The van der Waals surface area contributed by atoms with Gasteiger partial charge in [-0.1, -0.05) is 5.57 Å². The molecule has 0 aromatic heterocycles. The maximum atomic E-state index is 9.79. The molecule has 2 fully saturated rings. The van der Waals surface area contributed by atoms with E-state index in [0.29, 0.717) is 5.92 Å². The molecule has 1 heteroatoms. The van der Waals surface area contributed by atoms with Crippen LogP contribution in [0.3, 0.4) is 0 Å². The fourth-order valence-electron chi connectivity index (χ4n) is 2.79. The van der Waals surface area contributed by atoms with Gasteiger partial charge >= 0.3 is 0 Å². The second kappa shape index (κ2) is 2.34. The van der Waals surface area contributed by atoms with Crippen molar-refractivity contribution in [2.24, 2.45) is 11.8 Å². The van der Waals surface area contributed by atoms with Crippen LogP contribution in [0.1, 0.15) is 33.1 Å². The van der Waals surface area contributed by atoms with Crippen LogP contribution in [-0.2, 0) is 0 Å². The molecule has 0 spiro atoms. The number of hydrogen-bond donors (Lipinski definition) is 1. The van der Waals surface area contributed by atoms with Gasteiger partial charge in [-0.2, -0.15) is 0 Å². The molecule has 62 valence electrons. The van der Waals surface area contributed by atoms with E-state index < -0.39 is 0 Å². The Morgan fingerprint density at radius 3 is 2.45 bits per heavy atom. The molecule has 2 saturated carbocycles. The molecule has 0 heterocycles. The van der Waals surface area contributed by atoms with Crippen LogP contribution >= 0.6 is 0 Å². The summed E-state index contributed by atoms with van der Waals surface area (Å²) in [6, 6.07) is 0. The van der Waals surface area contributed by atoms with Gasteiger partial charge in [0.1, 0.15) is 0 Å². The van der Waals surface area contributed by atoms with Gasteiger partial charge in [0.05, 0.1) is 6.10 Å². The van der Waals surface area contributed by atoms with Gasteiger partial charge in [-0.3, -0.25) is 0 Å². The third kappa shape index (κ3) is 0.943. The summed E-state index contributed by atoms with van der Waals surface area (Å²) in [6.07, 6.45) is 3.74. The first kappa shape index (κ1) is 7.35. The molecule has 0 amide bonds. The average Bonchev–Trinajstić information content (AvgIpc) is 2.44. The minimum absolute atomic E-state index is 0.0845. The molecule has 0 radical (unpaired) electrons. The van der Waals surface area contributed by atoms with E-state index in [0.717, 1.165) is 5.92 Å². The van der Waals surface area contributed by atoms with Crippen molar-refractivity contribution >= 4 is 0 Å². The Morgan fingerprint density at radius 1 is 1.36 bits per heavy atom. The molecular weight excluding hydrogens is 136 g/mol. The maximum Gasteiger partial charge on any atom is 0.0783 e. The predicted octanol–water partition coefficient (Wildman–Crippen LogP) is 2.11. The fraction of sp³-hybridized carbons (Fsp3) is 0.800. The third-order valence-electron chi connectivity index (χ3n) is 3.26. The molecule has 0 aromatic carbocycles. The van der Waals surface area contributed by atoms with Gasteiger partial charge in [-0.05, 0) is 50.5 Å². The zero-order chi connectivity index (χ0) is 8.01. The van der Waals surface area contributed by atoms with Crippen LogP contribution in [0.15, 0.2) is 11.1 Å². The van der Waals surface area contributed by atoms with Crippen molar-refractivity contribution in [2.45, 2.75) is 39.2 Å². The largest absolute Gasteiger partial charge is 0.388 e. The molecule has 0 saturated heterocycles. The van der Waals surface area contributed by atoms with Crippen molar-refractivity contribution in [3.05, 3.63) is 11.1 Å². The van der Waals surface area contributed by atoms with Crippen molar-refractivity contribution in [1.29, 1.82) is 0 Å². The monoisotopic (exact) mass is 152 g/mol. The Bertz CT molecular complexity index is 197. The number of aliphatic hydroxyl groups excluding tert-OH is 1. The Balaban J connectivity index is 2.31. The van der Waals surface area contributed by atoms with Crippen LogP contribution in [0.25, 0.3) is 0 Å². The molecule has 0 aliphatic heterocycles. The zero-order valence-electron chi connectivity index (χ0n) is 7.30. The summed E-state index contributed by atoms with van der Waals surface area (Å²) in [4.78, 5) is 0. The Kier molecular flexibility index (Phi) is 1.57. The molecule has 11 heavy (non-hydrogen) atoms. The zero-order valence-corrected chi connectivity index (χ0v) is 7.30. The van der Waals surface area contributed by atoms with Crippen LogP contribution in [0.4, 0.5) is 0 Å². The van der Waals surface area contributed by atoms with E-state index in [9.17, 15) is 5.11 Å². The number of hydrogen-bond acceptors (Lipinski definition) is 1. The minimum atomic E-state index is -0.0845. The van der Waals surface area contributed by atoms with Crippen molar-refractivity contribution < 1.29 is 5.11 Å². The summed E-state index contributed by atoms with van der Waals surface area (Å²) >= 11 is 0. The lowest BCUT2D eigenvalue weighted by atomic mass is 9.89. The first-order chi connectivity index (χ1) is 5.20. The summed E-state index contributed by atoms with van der Waals surface area (Å²) in [6.45, 7) is 4.25. The number of fused-ring (bicyclic) bond motifs is 2. The van der Waals surface area contributed by atoms with Gasteiger partial charge in [0.25, 0.3) is 0 Å². The van der Waals surface area contributed by atoms with Gasteiger partial charge in [0, 0.05) is 0 Å². The van der Waals surface area contributed by atoms with Crippen LogP contribution in [-0.4, -0.2) is 11.2 Å². The molecule has 2 bridgehead atoms. The Hall–Kier alpha value is -0.300. The summed E-state index contributed by atoms with van der Waals surface area (Å²) in [5, 5.41) is 9.79. The van der Waals surface area contributed by atoms with Crippen molar-refractivity contribution in [3.8, 4) is 0 Å². The van der Waals surface area contributed by atoms with Crippen molar-refractivity contribution in [1.82, 2.24) is 0 Å². The second-order valence-corrected chi connectivity index (χ2v) is 4.17. The highest BCUT2D eigenvalue weighted by Crippen LogP contribution is 2.49. The quantitative estimate of drug-likeness (QED) is 0.527. The summed E-state index contributed by atoms with van der Waals surface area (Å²) in [5.74, 6) is 1.34. The van der Waals surface area contributed by atoms with Crippen molar-refractivity contribution in [2.75, 3.05) is 0 Å². The second-order valence-electron chi connectivity index (χ2n) is 4.17. The van der Waals surface area contributed by atoms with Gasteiger partial charge in [-0.15, -0.1) is 0 Å². The molecule has 1 nitrogen and oxygen atoms in total. The number of rotatable bonds is 0. The van der Waals surface area contributed by atoms with Gasteiger partial charge in [0.2, 0.25) is 0 Å². The predicted molar refractivity (Wildman–Crippen MR) is 45.2 cm³/mol. The van der Waals surface area contributed by atoms with E-state index >= 15 is 0 Å². The van der Waals surface area contributed by atoms with E-state index in [-0.39, 0.29) is 6.10 Å². The molecule has 2 aliphatic rings. The van der Waals surface area contributed by atoms with Gasteiger partial charge < -0.3 is 5.11 Å². The lowest BCUT2D eigenvalue weighted by Gasteiger charge is -2.21. The SMILES string of the molecule is CC(C)=C1C2CCC(C2)C1O. The smallest absolute Gasteiger partial charge is 0.0783 e. The molecule has 3 unspecified atom stereocenters. The van der Waals surface area contributed by atoms with E-state index in [2.05, 4.69) is 13.8 Å². The molecule has 2 aliphatic carbocycles. The lowest BCUT2D eigenvalue weighted by Crippen LogP contribution is -2.19. The van der Waals surface area contributed by atoms with Gasteiger partial charge in [-0.25, -0.2) is 0 Å². The van der Waals surface area contributed by atoms with Crippen LogP contribution < -0.4 is 0 Å². The van der Waals surface area contributed by atoms with Crippen LogP contribution in [0.5, 0.6) is 0 Å². The average molecular weight is 152 g/mol. The number of allylic oxidation sites excluding steroid dienone is 1. The van der Waals surface area contributed by atoms with E-state index in [4.69, 9.17) is 0 Å². The Morgan fingerprint density at radius 2 is 2.09 bits per heavy atom. The standard InChI is InChI=1S/C10H16O/c1-6(2)9-7-3-4-8(5-7)10(9)11/h7-8,10-11H,3-5H2,1-2H3.